The Kier molecular flexibility index (Phi) is 7.74. The van der Waals surface area contributed by atoms with Gasteiger partial charge in [0, 0.05) is 30.0 Å². The number of ketones is 1. The van der Waals surface area contributed by atoms with E-state index in [-0.39, 0.29) is 16.4 Å². The van der Waals surface area contributed by atoms with Crippen LogP contribution >= 0.6 is 11.6 Å². The zero-order valence-corrected chi connectivity index (χ0v) is 22.0. The average molecular weight is 521 g/mol. The maximum atomic E-state index is 13.4. The van der Waals surface area contributed by atoms with Crippen LogP contribution in [0, 0.1) is 0 Å². The van der Waals surface area contributed by atoms with Gasteiger partial charge in [0.1, 0.15) is 17.3 Å². The van der Waals surface area contributed by atoms with Crippen molar-refractivity contribution < 1.29 is 24.2 Å². The van der Waals surface area contributed by atoms with Crippen molar-refractivity contribution >= 4 is 40.4 Å². The highest BCUT2D eigenvalue weighted by Crippen LogP contribution is 2.43. The van der Waals surface area contributed by atoms with Crippen LogP contribution in [0.2, 0.25) is 5.02 Å². The van der Waals surface area contributed by atoms with Gasteiger partial charge in [0.15, 0.2) is 0 Å². The monoisotopic (exact) mass is 520 g/mol. The number of nitrogens with zero attached hydrogens (tertiary/aromatic N) is 2. The molecular formula is C29H29ClN2O5. The second kappa shape index (κ2) is 11.0. The molecule has 1 N–H and O–H groups in total. The summed E-state index contributed by atoms with van der Waals surface area (Å²) >= 11 is 6.29. The third-order valence-corrected chi connectivity index (χ3v) is 6.85. The molecule has 1 aliphatic rings. The number of amides is 1. The topological polar surface area (TPSA) is 79.3 Å². The number of hydrogen-bond acceptors (Lipinski definition) is 6. The molecule has 0 bridgehead atoms. The van der Waals surface area contributed by atoms with Crippen LogP contribution in [0.4, 0.5) is 11.4 Å². The van der Waals surface area contributed by atoms with Crippen molar-refractivity contribution in [2.75, 3.05) is 37.1 Å². The molecule has 8 heteroatoms. The standard InChI is InChI=1S/C29H29ClN2O5/c1-5-31(6-2)20-10-7-18(8-11-20)26-25(27(33)19-9-16-24(37-4)23(30)17-19)28(34)29(35)32(26)21-12-14-22(36-3)15-13-21/h7-17,26,33H,5-6H2,1-4H3/b27-25-. The van der Waals surface area contributed by atoms with Crippen LogP contribution in [-0.4, -0.2) is 44.1 Å². The van der Waals surface area contributed by atoms with Gasteiger partial charge in [-0.05, 0) is 74.0 Å². The predicted octanol–water partition coefficient (Wildman–Crippen LogP) is 5.83. The Labute approximate surface area is 221 Å². The summed E-state index contributed by atoms with van der Waals surface area (Å²) in [4.78, 5) is 30.4. The largest absolute Gasteiger partial charge is 0.507 e. The quantitative estimate of drug-likeness (QED) is 0.229. The molecule has 3 aromatic carbocycles. The van der Waals surface area contributed by atoms with E-state index < -0.39 is 17.7 Å². The second-order valence-electron chi connectivity index (χ2n) is 8.48. The number of rotatable bonds is 8. The predicted molar refractivity (Wildman–Crippen MR) is 146 cm³/mol. The third kappa shape index (κ3) is 4.87. The smallest absolute Gasteiger partial charge is 0.300 e. The zero-order valence-electron chi connectivity index (χ0n) is 21.2. The lowest BCUT2D eigenvalue weighted by Crippen LogP contribution is -2.29. The van der Waals surface area contributed by atoms with Gasteiger partial charge in [-0.2, -0.15) is 0 Å². The minimum Gasteiger partial charge on any atom is -0.507 e. The Bertz CT molecular complexity index is 1330. The number of Topliss-reactive ketones (excluding diaryl/α,β-unsaturated/α-hetero) is 1. The number of methoxy groups -OCH3 is 2. The van der Waals surface area contributed by atoms with Crippen molar-refractivity contribution in [1.29, 1.82) is 0 Å². The number of carbonyl (C=O) groups is 2. The van der Waals surface area contributed by atoms with E-state index in [2.05, 4.69) is 18.7 Å². The molecule has 0 saturated carbocycles. The summed E-state index contributed by atoms with van der Waals surface area (Å²) < 4.78 is 10.5. The molecule has 0 spiro atoms. The van der Waals surface area contributed by atoms with Crippen LogP contribution in [0.5, 0.6) is 11.5 Å². The first-order valence-corrected chi connectivity index (χ1v) is 12.4. The fraction of sp³-hybridized carbons (Fsp3) is 0.241. The minimum absolute atomic E-state index is 0.0161. The van der Waals surface area contributed by atoms with Gasteiger partial charge in [0.2, 0.25) is 0 Å². The molecule has 1 aliphatic heterocycles. The third-order valence-electron chi connectivity index (χ3n) is 6.56. The highest BCUT2D eigenvalue weighted by molar-refractivity contribution is 6.51. The first-order valence-electron chi connectivity index (χ1n) is 12.0. The van der Waals surface area contributed by atoms with E-state index in [4.69, 9.17) is 21.1 Å². The summed E-state index contributed by atoms with van der Waals surface area (Å²) in [5, 5.41) is 11.6. The van der Waals surface area contributed by atoms with Crippen LogP contribution in [0.1, 0.15) is 31.0 Å². The molecule has 1 fully saturated rings. The van der Waals surface area contributed by atoms with Gasteiger partial charge in [-0.1, -0.05) is 23.7 Å². The highest BCUT2D eigenvalue weighted by Gasteiger charge is 2.47. The molecule has 0 aromatic heterocycles. The van der Waals surface area contributed by atoms with Gasteiger partial charge in [-0.3, -0.25) is 14.5 Å². The van der Waals surface area contributed by atoms with Crippen molar-refractivity contribution in [2.24, 2.45) is 0 Å². The molecule has 37 heavy (non-hydrogen) atoms. The Morgan fingerprint density at radius 2 is 1.59 bits per heavy atom. The summed E-state index contributed by atoms with van der Waals surface area (Å²) in [6.45, 7) is 5.85. The van der Waals surface area contributed by atoms with Gasteiger partial charge in [-0.25, -0.2) is 0 Å². The molecule has 7 nitrogen and oxygen atoms in total. The first-order chi connectivity index (χ1) is 17.8. The number of aliphatic hydroxyl groups is 1. The van der Waals surface area contributed by atoms with Gasteiger partial charge in [0.05, 0.1) is 30.9 Å². The van der Waals surface area contributed by atoms with Crippen molar-refractivity contribution in [3.63, 3.8) is 0 Å². The van der Waals surface area contributed by atoms with Crippen LogP contribution in [0.15, 0.2) is 72.3 Å². The van der Waals surface area contributed by atoms with Crippen molar-refractivity contribution in [3.8, 4) is 11.5 Å². The average Bonchev–Trinajstić information content (AvgIpc) is 3.19. The molecule has 3 aromatic rings. The van der Waals surface area contributed by atoms with E-state index >= 15 is 0 Å². The van der Waals surface area contributed by atoms with E-state index in [0.717, 1.165) is 18.8 Å². The SMILES string of the molecule is CCN(CC)c1ccc(C2/C(=C(/O)c3ccc(OC)c(Cl)c3)C(=O)C(=O)N2c2ccc(OC)cc2)cc1. The fourth-order valence-corrected chi connectivity index (χ4v) is 4.84. The molecule has 1 unspecified atom stereocenters. The summed E-state index contributed by atoms with van der Waals surface area (Å²) in [7, 11) is 3.04. The molecule has 1 amide bonds. The second-order valence-corrected chi connectivity index (χ2v) is 8.89. The normalized spacial score (nSPS) is 16.7. The molecule has 1 atom stereocenters. The van der Waals surface area contributed by atoms with E-state index in [1.165, 1.54) is 18.1 Å². The van der Waals surface area contributed by atoms with E-state index in [9.17, 15) is 14.7 Å². The number of ether oxygens (including phenoxy) is 2. The number of carbonyl (C=O) groups excluding carboxylic acids is 2. The Morgan fingerprint density at radius 3 is 2.14 bits per heavy atom. The molecule has 4 rings (SSSR count). The van der Waals surface area contributed by atoms with Gasteiger partial charge in [-0.15, -0.1) is 0 Å². The van der Waals surface area contributed by atoms with Crippen LogP contribution in [0.25, 0.3) is 5.76 Å². The summed E-state index contributed by atoms with van der Waals surface area (Å²) in [5.41, 5.74) is 2.51. The van der Waals surface area contributed by atoms with Crippen LogP contribution < -0.4 is 19.3 Å². The summed E-state index contributed by atoms with van der Waals surface area (Å²) in [6, 6.07) is 18.4. The first kappa shape index (κ1) is 26.1. The maximum absolute atomic E-state index is 13.4. The zero-order chi connectivity index (χ0) is 26.7. The van der Waals surface area contributed by atoms with Crippen molar-refractivity contribution in [3.05, 3.63) is 88.5 Å². The van der Waals surface area contributed by atoms with Gasteiger partial charge >= 0.3 is 0 Å². The minimum atomic E-state index is -0.847. The lowest BCUT2D eigenvalue weighted by molar-refractivity contribution is -0.132. The molecule has 1 saturated heterocycles. The molecular weight excluding hydrogens is 492 g/mol. The van der Waals surface area contributed by atoms with Crippen molar-refractivity contribution in [1.82, 2.24) is 0 Å². The lowest BCUT2D eigenvalue weighted by Gasteiger charge is -2.27. The molecule has 0 radical (unpaired) electrons. The lowest BCUT2D eigenvalue weighted by atomic mass is 9.94. The van der Waals surface area contributed by atoms with E-state index in [1.807, 2.05) is 24.3 Å². The molecule has 0 aliphatic carbocycles. The number of aliphatic hydroxyl groups excluding tert-OH is 1. The molecule has 1 heterocycles. The Balaban J connectivity index is 1.89. The fourth-order valence-electron chi connectivity index (χ4n) is 4.58. The van der Waals surface area contributed by atoms with Crippen molar-refractivity contribution in [2.45, 2.75) is 19.9 Å². The number of anilines is 2. The Morgan fingerprint density at radius 1 is 0.946 bits per heavy atom. The van der Waals surface area contributed by atoms with Gasteiger partial charge < -0.3 is 19.5 Å². The number of benzene rings is 3. The highest BCUT2D eigenvalue weighted by atomic mass is 35.5. The molecule has 192 valence electrons. The number of hydrogen-bond donors (Lipinski definition) is 1. The maximum Gasteiger partial charge on any atom is 0.300 e. The van der Waals surface area contributed by atoms with Gasteiger partial charge in [0.25, 0.3) is 11.7 Å². The van der Waals surface area contributed by atoms with Crippen LogP contribution in [-0.2, 0) is 9.59 Å². The Hall–Kier alpha value is -3.97. The summed E-state index contributed by atoms with van der Waals surface area (Å²) in [6.07, 6.45) is 0. The van der Waals surface area contributed by atoms with E-state index in [0.29, 0.717) is 28.3 Å². The van der Waals surface area contributed by atoms with E-state index in [1.54, 1.807) is 43.5 Å². The number of halogens is 1. The van der Waals surface area contributed by atoms with Crippen LogP contribution in [0.3, 0.4) is 0 Å². The summed E-state index contributed by atoms with van der Waals surface area (Å²) in [5.74, 6) is -0.771.